The quantitative estimate of drug-likeness (QED) is 0.616. The van der Waals surface area contributed by atoms with Crippen LogP contribution in [0.25, 0.3) is 0 Å². The molecule has 1 aromatic carbocycles. The molecule has 1 fully saturated rings. The van der Waals surface area contributed by atoms with Crippen LogP contribution in [0, 0.1) is 5.41 Å². The molecule has 130 valence electrons. The number of fused-ring (bicyclic) bond motifs is 1. The van der Waals surface area contributed by atoms with E-state index in [2.05, 4.69) is 29.2 Å². The monoisotopic (exact) mass is 328 g/mol. The molecule has 24 heavy (non-hydrogen) atoms. The summed E-state index contributed by atoms with van der Waals surface area (Å²) in [6.45, 7) is 7.73. The predicted molar refractivity (Wildman–Crippen MR) is 94.4 cm³/mol. The van der Waals surface area contributed by atoms with Gasteiger partial charge in [-0.1, -0.05) is 38.1 Å². The highest BCUT2D eigenvalue weighted by Gasteiger charge is 2.36. The first kappa shape index (κ1) is 17.2. The lowest BCUT2D eigenvalue weighted by molar-refractivity contribution is -0.152. The summed E-state index contributed by atoms with van der Waals surface area (Å²) in [5, 5.41) is 0. The minimum atomic E-state index is -0.175. The third-order valence-corrected chi connectivity index (χ3v) is 5.18. The Kier molecular flexibility index (Phi) is 5.04. The molecule has 0 saturated carbocycles. The van der Waals surface area contributed by atoms with Crippen molar-refractivity contribution in [2.45, 2.75) is 52.5 Å². The van der Waals surface area contributed by atoms with E-state index in [1.165, 1.54) is 16.0 Å². The number of hydrogen-bond acceptors (Lipinski definition) is 3. The average Bonchev–Trinajstić information content (AvgIpc) is 2.52. The third kappa shape index (κ3) is 4.04. The molecule has 1 saturated heterocycles. The van der Waals surface area contributed by atoms with E-state index < -0.39 is 0 Å². The van der Waals surface area contributed by atoms with Crippen molar-refractivity contribution in [2.75, 3.05) is 19.6 Å². The molecule has 0 aromatic heterocycles. The van der Waals surface area contributed by atoms with Gasteiger partial charge in [-0.2, -0.15) is 0 Å². The number of imide groups is 1. The second-order valence-corrected chi connectivity index (χ2v) is 7.96. The van der Waals surface area contributed by atoms with E-state index in [1.54, 1.807) is 0 Å². The van der Waals surface area contributed by atoms with E-state index in [4.69, 9.17) is 0 Å². The molecule has 2 aliphatic rings. The first-order valence-electron chi connectivity index (χ1n) is 9.07. The van der Waals surface area contributed by atoms with E-state index >= 15 is 0 Å². The van der Waals surface area contributed by atoms with E-state index in [9.17, 15) is 9.59 Å². The Morgan fingerprint density at radius 3 is 2.29 bits per heavy atom. The number of piperidine rings is 1. The Hall–Kier alpha value is -1.68. The Labute approximate surface area is 144 Å². The second-order valence-electron chi connectivity index (χ2n) is 7.96. The van der Waals surface area contributed by atoms with Crippen LogP contribution in [0.2, 0.25) is 0 Å². The summed E-state index contributed by atoms with van der Waals surface area (Å²) in [6.07, 6.45) is 4.02. The van der Waals surface area contributed by atoms with Gasteiger partial charge in [0.1, 0.15) is 0 Å². The molecule has 1 aromatic rings. The highest BCUT2D eigenvalue weighted by Crippen LogP contribution is 2.31. The predicted octanol–water partition coefficient (Wildman–Crippen LogP) is 3.00. The Morgan fingerprint density at radius 2 is 1.58 bits per heavy atom. The van der Waals surface area contributed by atoms with E-state index in [0.29, 0.717) is 19.4 Å². The lowest BCUT2D eigenvalue weighted by Crippen LogP contribution is -2.46. The van der Waals surface area contributed by atoms with Crippen molar-refractivity contribution >= 4 is 11.8 Å². The molecule has 0 bridgehead atoms. The van der Waals surface area contributed by atoms with Crippen molar-refractivity contribution in [1.82, 2.24) is 9.80 Å². The summed E-state index contributed by atoms with van der Waals surface area (Å²) in [4.78, 5) is 28.3. The van der Waals surface area contributed by atoms with Crippen molar-refractivity contribution in [1.29, 1.82) is 0 Å². The SMILES string of the molecule is CC1(C)CC(=O)N(CCCCN2CCc3ccccc3C2)C(=O)C1. The number of carbonyl (C=O) groups is 2. The number of likely N-dealkylation sites (tertiary alicyclic amines) is 1. The molecule has 3 rings (SSSR count). The highest BCUT2D eigenvalue weighted by molar-refractivity contribution is 5.98. The first-order valence-corrected chi connectivity index (χ1v) is 9.07. The van der Waals surface area contributed by atoms with Crippen LogP contribution in [0.4, 0.5) is 0 Å². The van der Waals surface area contributed by atoms with E-state index in [0.717, 1.165) is 38.9 Å². The molecule has 2 heterocycles. The van der Waals surface area contributed by atoms with Gasteiger partial charge in [0, 0.05) is 32.5 Å². The van der Waals surface area contributed by atoms with Crippen molar-refractivity contribution in [3.05, 3.63) is 35.4 Å². The Balaban J connectivity index is 1.42. The van der Waals surface area contributed by atoms with Crippen LogP contribution in [0.3, 0.4) is 0 Å². The number of carbonyl (C=O) groups excluding carboxylic acids is 2. The van der Waals surface area contributed by atoms with Crippen LogP contribution >= 0.6 is 0 Å². The summed E-state index contributed by atoms with van der Waals surface area (Å²) in [7, 11) is 0. The fourth-order valence-electron chi connectivity index (χ4n) is 3.81. The van der Waals surface area contributed by atoms with Gasteiger partial charge >= 0.3 is 0 Å². The molecule has 0 aliphatic carbocycles. The molecule has 0 atom stereocenters. The largest absolute Gasteiger partial charge is 0.299 e. The average molecular weight is 328 g/mol. The van der Waals surface area contributed by atoms with Crippen LogP contribution in [-0.4, -0.2) is 41.2 Å². The van der Waals surface area contributed by atoms with E-state index in [1.807, 2.05) is 13.8 Å². The standard InChI is InChI=1S/C20H28N2O2/c1-20(2)13-18(23)22(19(24)14-20)11-6-5-10-21-12-9-16-7-3-4-8-17(16)15-21/h3-4,7-8H,5-6,9-15H2,1-2H3. The summed E-state index contributed by atoms with van der Waals surface area (Å²) < 4.78 is 0. The molecule has 0 radical (unpaired) electrons. The zero-order valence-corrected chi connectivity index (χ0v) is 14.9. The van der Waals surface area contributed by atoms with Gasteiger partial charge in [0.05, 0.1) is 0 Å². The minimum Gasteiger partial charge on any atom is -0.299 e. The van der Waals surface area contributed by atoms with Crippen molar-refractivity contribution in [3.63, 3.8) is 0 Å². The van der Waals surface area contributed by atoms with Gasteiger partial charge in [0.25, 0.3) is 0 Å². The number of benzene rings is 1. The van der Waals surface area contributed by atoms with Gasteiger partial charge < -0.3 is 0 Å². The Morgan fingerprint density at radius 1 is 0.958 bits per heavy atom. The summed E-state index contributed by atoms with van der Waals surface area (Å²) in [5.74, 6) is 0.00583. The van der Waals surface area contributed by atoms with E-state index in [-0.39, 0.29) is 17.2 Å². The molecular formula is C20H28N2O2. The minimum absolute atomic E-state index is 0.00292. The van der Waals surface area contributed by atoms with Gasteiger partial charge in [-0.25, -0.2) is 0 Å². The van der Waals surface area contributed by atoms with Crippen LogP contribution in [-0.2, 0) is 22.6 Å². The van der Waals surface area contributed by atoms with Crippen molar-refractivity contribution in [2.24, 2.45) is 5.41 Å². The number of hydrogen-bond donors (Lipinski definition) is 0. The van der Waals surface area contributed by atoms with Gasteiger partial charge in [-0.05, 0) is 42.3 Å². The van der Waals surface area contributed by atoms with Crippen LogP contribution in [0.5, 0.6) is 0 Å². The maximum absolute atomic E-state index is 12.1. The second kappa shape index (κ2) is 7.06. The van der Waals surface area contributed by atoms with Gasteiger partial charge in [-0.3, -0.25) is 19.4 Å². The first-order chi connectivity index (χ1) is 11.4. The summed E-state index contributed by atoms with van der Waals surface area (Å²) in [6, 6.07) is 8.66. The number of unbranched alkanes of at least 4 members (excludes halogenated alkanes) is 1. The normalized spacial score (nSPS) is 21.0. The number of rotatable bonds is 5. The zero-order chi connectivity index (χ0) is 17.2. The van der Waals surface area contributed by atoms with Crippen molar-refractivity contribution < 1.29 is 9.59 Å². The maximum atomic E-state index is 12.1. The molecule has 4 heteroatoms. The highest BCUT2D eigenvalue weighted by atomic mass is 16.2. The molecule has 0 unspecified atom stereocenters. The Bertz CT molecular complexity index is 604. The molecular weight excluding hydrogens is 300 g/mol. The molecule has 0 spiro atoms. The number of amides is 2. The lowest BCUT2D eigenvalue weighted by atomic mass is 9.82. The summed E-state index contributed by atoms with van der Waals surface area (Å²) >= 11 is 0. The topological polar surface area (TPSA) is 40.6 Å². The molecule has 4 nitrogen and oxygen atoms in total. The molecule has 2 amide bonds. The maximum Gasteiger partial charge on any atom is 0.229 e. The van der Waals surface area contributed by atoms with Crippen molar-refractivity contribution in [3.8, 4) is 0 Å². The fraction of sp³-hybridized carbons (Fsp3) is 0.600. The van der Waals surface area contributed by atoms with Crippen LogP contribution in [0.1, 0.15) is 50.7 Å². The van der Waals surface area contributed by atoms with Gasteiger partial charge in [0.15, 0.2) is 0 Å². The van der Waals surface area contributed by atoms with Gasteiger partial charge in [-0.15, -0.1) is 0 Å². The molecule has 2 aliphatic heterocycles. The lowest BCUT2D eigenvalue weighted by Gasteiger charge is -2.35. The smallest absolute Gasteiger partial charge is 0.229 e. The van der Waals surface area contributed by atoms with Crippen LogP contribution < -0.4 is 0 Å². The van der Waals surface area contributed by atoms with Crippen LogP contribution in [0.15, 0.2) is 24.3 Å². The summed E-state index contributed by atoms with van der Waals surface area (Å²) in [5.41, 5.74) is 2.74. The zero-order valence-electron chi connectivity index (χ0n) is 14.9. The fourth-order valence-corrected chi connectivity index (χ4v) is 3.81. The van der Waals surface area contributed by atoms with Gasteiger partial charge in [0.2, 0.25) is 11.8 Å². The molecule has 0 N–H and O–H groups in total. The number of nitrogens with zero attached hydrogens (tertiary/aromatic N) is 2. The third-order valence-electron chi connectivity index (χ3n) is 5.18.